The number of carbonyl (C=O) groups is 2. The molecule has 0 aliphatic heterocycles. The van der Waals surface area contributed by atoms with Crippen molar-refractivity contribution in [1.82, 2.24) is 0 Å². The summed E-state index contributed by atoms with van der Waals surface area (Å²) >= 11 is 0. The standard InChI is InChI=1S/C14H14N2O4/c15-11-10(12(17)18)6-9(7-14(11,16)13(19)20)8-4-2-1-3-5-8/h1-6H,7,15-16H2,(H,17,18)(H,19,20). The van der Waals surface area contributed by atoms with Gasteiger partial charge in [0, 0.05) is 6.42 Å². The first kappa shape index (κ1) is 13.8. The lowest BCUT2D eigenvalue weighted by atomic mass is 9.79. The molecule has 20 heavy (non-hydrogen) atoms. The van der Waals surface area contributed by atoms with Gasteiger partial charge >= 0.3 is 11.9 Å². The number of hydrogen-bond acceptors (Lipinski definition) is 4. The molecule has 1 aromatic rings. The molecule has 0 saturated heterocycles. The summed E-state index contributed by atoms with van der Waals surface area (Å²) in [5.41, 5.74) is 10.2. The fourth-order valence-corrected chi connectivity index (χ4v) is 2.14. The second-order valence-electron chi connectivity index (χ2n) is 4.62. The average Bonchev–Trinajstić information content (AvgIpc) is 2.42. The highest BCUT2D eigenvalue weighted by Crippen LogP contribution is 2.34. The van der Waals surface area contributed by atoms with Gasteiger partial charge in [-0.15, -0.1) is 0 Å². The number of nitrogens with two attached hydrogens (primary N) is 2. The highest BCUT2D eigenvalue weighted by atomic mass is 16.4. The summed E-state index contributed by atoms with van der Waals surface area (Å²) in [6.07, 6.45) is 1.32. The molecule has 1 aromatic carbocycles. The van der Waals surface area contributed by atoms with Crippen LogP contribution in [0.15, 0.2) is 47.7 Å². The van der Waals surface area contributed by atoms with Crippen LogP contribution in [0.1, 0.15) is 12.0 Å². The van der Waals surface area contributed by atoms with E-state index in [-0.39, 0.29) is 17.7 Å². The quantitative estimate of drug-likeness (QED) is 0.637. The van der Waals surface area contributed by atoms with Crippen LogP contribution >= 0.6 is 0 Å². The lowest BCUT2D eigenvalue weighted by Crippen LogP contribution is -2.54. The van der Waals surface area contributed by atoms with Crippen LogP contribution in [0.5, 0.6) is 0 Å². The van der Waals surface area contributed by atoms with Crippen LogP contribution in [0.2, 0.25) is 0 Å². The summed E-state index contributed by atoms with van der Waals surface area (Å²) in [7, 11) is 0. The molecular formula is C14H14N2O4. The van der Waals surface area contributed by atoms with Crippen LogP contribution in [0.4, 0.5) is 0 Å². The predicted octanol–water partition coefficient (Wildman–Crippen LogP) is 0.553. The Hall–Kier alpha value is -2.60. The van der Waals surface area contributed by atoms with Crippen molar-refractivity contribution in [2.45, 2.75) is 12.0 Å². The number of hydrogen-bond donors (Lipinski definition) is 4. The van der Waals surface area contributed by atoms with E-state index in [4.69, 9.17) is 16.6 Å². The summed E-state index contributed by atoms with van der Waals surface area (Å²) < 4.78 is 0. The van der Waals surface area contributed by atoms with Gasteiger partial charge in [-0.2, -0.15) is 0 Å². The molecule has 6 nitrogen and oxygen atoms in total. The summed E-state index contributed by atoms with van der Waals surface area (Å²) in [5, 5.41) is 18.4. The Morgan fingerprint density at radius 1 is 1.15 bits per heavy atom. The normalized spacial score (nSPS) is 22.4. The molecule has 1 atom stereocenters. The van der Waals surface area contributed by atoms with E-state index in [1.54, 1.807) is 24.3 Å². The fourth-order valence-electron chi connectivity index (χ4n) is 2.14. The van der Waals surface area contributed by atoms with Gasteiger partial charge in [0.15, 0.2) is 5.54 Å². The largest absolute Gasteiger partial charge is 0.480 e. The van der Waals surface area contributed by atoms with Crippen molar-refractivity contribution in [1.29, 1.82) is 0 Å². The van der Waals surface area contributed by atoms with Gasteiger partial charge in [0.2, 0.25) is 0 Å². The monoisotopic (exact) mass is 274 g/mol. The number of carboxylic acids is 2. The Morgan fingerprint density at radius 2 is 1.75 bits per heavy atom. The summed E-state index contributed by atoms with van der Waals surface area (Å²) in [6, 6.07) is 8.88. The van der Waals surface area contributed by atoms with Gasteiger partial charge in [-0.25, -0.2) is 9.59 Å². The molecule has 0 bridgehead atoms. The highest BCUT2D eigenvalue weighted by molar-refractivity contribution is 5.99. The van der Waals surface area contributed by atoms with E-state index < -0.39 is 17.5 Å². The van der Waals surface area contributed by atoms with Crippen molar-refractivity contribution in [2.75, 3.05) is 0 Å². The second-order valence-corrected chi connectivity index (χ2v) is 4.62. The molecule has 1 unspecified atom stereocenters. The van der Waals surface area contributed by atoms with Crippen LogP contribution in [0.25, 0.3) is 5.57 Å². The summed E-state index contributed by atoms with van der Waals surface area (Å²) in [5.74, 6) is -2.65. The minimum absolute atomic E-state index is 0.0606. The Labute approximate surface area is 115 Å². The first-order valence-electron chi connectivity index (χ1n) is 5.88. The molecule has 0 radical (unpaired) electrons. The van der Waals surface area contributed by atoms with Crippen LogP contribution in [0.3, 0.4) is 0 Å². The maximum absolute atomic E-state index is 11.4. The smallest absolute Gasteiger partial charge is 0.337 e. The van der Waals surface area contributed by atoms with Gasteiger partial charge in [0.05, 0.1) is 11.3 Å². The third-order valence-electron chi connectivity index (χ3n) is 3.32. The summed E-state index contributed by atoms with van der Waals surface area (Å²) in [6.45, 7) is 0. The number of carboxylic acid groups (broad SMARTS) is 2. The van der Waals surface area contributed by atoms with E-state index in [9.17, 15) is 14.7 Å². The van der Waals surface area contributed by atoms with Gasteiger partial charge in [-0.3, -0.25) is 0 Å². The second kappa shape index (κ2) is 4.82. The van der Waals surface area contributed by atoms with Gasteiger partial charge in [-0.05, 0) is 17.2 Å². The first-order valence-corrected chi connectivity index (χ1v) is 5.88. The molecule has 1 aliphatic carbocycles. The molecule has 0 amide bonds. The molecule has 1 aliphatic rings. The van der Waals surface area contributed by atoms with Crippen LogP contribution in [-0.4, -0.2) is 27.7 Å². The Bertz CT molecular complexity index is 634. The van der Waals surface area contributed by atoms with Gasteiger partial charge in [0.1, 0.15) is 0 Å². The Balaban J connectivity index is 2.60. The average molecular weight is 274 g/mol. The van der Waals surface area contributed by atoms with E-state index in [0.29, 0.717) is 5.57 Å². The maximum atomic E-state index is 11.4. The van der Waals surface area contributed by atoms with Crippen molar-refractivity contribution in [3.63, 3.8) is 0 Å². The molecule has 0 fully saturated rings. The predicted molar refractivity (Wildman–Crippen MR) is 72.4 cm³/mol. The van der Waals surface area contributed by atoms with E-state index >= 15 is 0 Å². The minimum atomic E-state index is -1.91. The zero-order valence-corrected chi connectivity index (χ0v) is 10.5. The zero-order valence-electron chi connectivity index (χ0n) is 10.5. The number of aliphatic carboxylic acids is 2. The van der Waals surface area contributed by atoms with Crippen LogP contribution in [-0.2, 0) is 9.59 Å². The molecule has 6 N–H and O–H groups in total. The molecule has 2 rings (SSSR count). The molecular weight excluding hydrogens is 260 g/mol. The van der Waals surface area contributed by atoms with E-state index in [1.165, 1.54) is 6.08 Å². The van der Waals surface area contributed by atoms with Crippen molar-refractivity contribution in [3.8, 4) is 0 Å². The number of rotatable bonds is 3. The van der Waals surface area contributed by atoms with Crippen LogP contribution < -0.4 is 11.5 Å². The van der Waals surface area contributed by atoms with E-state index in [0.717, 1.165) is 5.56 Å². The molecule has 0 aromatic heterocycles. The van der Waals surface area contributed by atoms with Crippen molar-refractivity contribution >= 4 is 17.5 Å². The topological polar surface area (TPSA) is 127 Å². The van der Waals surface area contributed by atoms with Crippen molar-refractivity contribution in [3.05, 3.63) is 53.2 Å². The van der Waals surface area contributed by atoms with Crippen molar-refractivity contribution < 1.29 is 19.8 Å². The number of benzene rings is 1. The summed E-state index contributed by atoms with van der Waals surface area (Å²) in [4.78, 5) is 22.6. The highest BCUT2D eigenvalue weighted by Gasteiger charge is 2.43. The van der Waals surface area contributed by atoms with Gasteiger partial charge in [0.25, 0.3) is 0 Å². The third-order valence-corrected chi connectivity index (χ3v) is 3.32. The van der Waals surface area contributed by atoms with E-state index in [1.807, 2.05) is 6.07 Å². The SMILES string of the molecule is NC1=C(C(=O)O)C=C(c2ccccc2)CC1(N)C(=O)O. The zero-order chi connectivity index (χ0) is 14.9. The lowest BCUT2D eigenvalue weighted by Gasteiger charge is -2.31. The maximum Gasteiger partial charge on any atom is 0.337 e. The lowest BCUT2D eigenvalue weighted by molar-refractivity contribution is -0.141. The first-order chi connectivity index (χ1) is 9.36. The molecule has 6 heteroatoms. The molecule has 0 heterocycles. The van der Waals surface area contributed by atoms with Crippen LogP contribution in [0, 0.1) is 0 Å². The molecule has 104 valence electrons. The minimum Gasteiger partial charge on any atom is -0.480 e. The Kier molecular flexibility index (Phi) is 3.33. The Morgan fingerprint density at radius 3 is 2.25 bits per heavy atom. The molecule has 0 saturated carbocycles. The van der Waals surface area contributed by atoms with E-state index in [2.05, 4.69) is 0 Å². The molecule has 0 spiro atoms. The third kappa shape index (κ3) is 2.17. The van der Waals surface area contributed by atoms with Crippen molar-refractivity contribution in [2.24, 2.45) is 11.5 Å². The van der Waals surface area contributed by atoms with Gasteiger partial charge in [-0.1, -0.05) is 30.3 Å². The fraction of sp³-hybridized carbons (Fsp3) is 0.143. The van der Waals surface area contributed by atoms with Gasteiger partial charge < -0.3 is 21.7 Å².